The van der Waals surface area contributed by atoms with Crippen LogP contribution in [0.5, 0.6) is 0 Å². The summed E-state index contributed by atoms with van der Waals surface area (Å²) < 4.78 is 13.1. The van der Waals surface area contributed by atoms with Crippen LogP contribution in [-0.4, -0.2) is 4.98 Å². The number of halogens is 1. The molecule has 18 heavy (non-hydrogen) atoms. The van der Waals surface area contributed by atoms with Crippen molar-refractivity contribution in [1.29, 1.82) is 5.26 Å². The third-order valence-electron chi connectivity index (χ3n) is 2.51. The van der Waals surface area contributed by atoms with Crippen molar-refractivity contribution in [3.05, 3.63) is 53.0 Å². The van der Waals surface area contributed by atoms with Gasteiger partial charge in [-0.3, -0.25) is 0 Å². The summed E-state index contributed by atoms with van der Waals surface area (Å²) in [6.45, 7) is 3.52. The summed E-state index contributed by atoms with van der Waals surface area (Å²) in [6, 6.07) is 10.2. The number of nitriles is 1. The maximum Gasteiger partial charge on any atom is 0.131 e. The Labute approximate surface area is 105 Å². The Morgan fingerprint density at radius 2 is 2.00 bits per heavy atom. The second-order valence-corrected chi connectivity index (χ2v) is 4.08. The van der Waals surface area contributed by atoms with Crippen molar-refractivity contribution >= 4 is 11.5 Å². The molecule has 1 aromatic heterocycles. The first kappa shape index (κ1) is 12.1. The number of aromatic nitrogens is 1. The average molecular weight is 241 g/mol. The minimum absolute atomic E-state index is 0.240. The number of nitrogens with zero attached hydrogens (tertiary/aromatic N) is 2. The van der Waals surface area contributed by atoms with Gasteiger partial charge in [0.25, 0.3) is 0 Å². The zero-order chi connectivity index (χ0) is 13.1. The van der Waals surface area contributed by atoms with Crippen LogP contribution >= 0.6 is 0 Å². The minimum atomic E-state index is -0.240. The standard InChI is InChI=1S/C14H12FN3/c1-9-5-12(3-4-13(9)15)18-14-7-11(8-16)6-10(2)17-14/h3-7H,1-2H3,(H,17,18). The summed E-state index contributed by atoms with van der Waals surface area (Å²) in [4.78, 5) is 4.27. The van der Waals surface area contributed by atoms with Crippen molar-refractivity contribution in [2.24, 2.45) is 0 Å². The van der Waals surface area contributed by atoms with Gasteiger partial charge in [0.2, 0.25) is 0 Å². The van der Waals surface area contributed by atoms with Gasteiger partial charge in [-0.1, -0.05) is 0 Å². The quantitative estimate of drug-likeness (QED) is 0.876. The molecule has 0 saturated carbocycles. The van der Waals surface area contributed by atoms with E-state index in [0.717, 1.165) is 11.4 Å². The Balaban J connectivity index is 2.31. The third-order valence-corrected chi connectivity index (χ3v) is 2.51. The van der Waals surface area contributed by atoms with Gasteiger partial charge < -0.3 is 5.32 Å². The molecule has 0 spiro atoms. The van der Waals surface area contributed by atoms with E-state index in [9.17, 15) is 4.39 Å². The van der Waals surface area contributed by atoms with Gasteiger partial charge in [-0.05, 0) is 49.7 Å². The smallest absolute Gasteiger partial charge is 0.131 e. The van der Waals surface area contributed by atoms with E-state index in [0.29, 0.717) is 16.9 Å². The van der Waals surface area contributed by atoms with Gasteiger partial charge in [-0.25, -0.2) is 9.37 Å². The Hall–Kier alpha value is -2.41. The molecule has 0 aliphatic rings. The van der Waals surface area contributed by atoms with Gasteiger partial charge >= 0.3 is 0 Å². The number of hydrogen-bond acceptors (Lipinski definition) is 3. The second-order valence-electron chi connectivity index (χ2n) is 4.08. The summed E-state index contributed by atoms with van der Waals surface area (Å²) in [5.41, 5.74) is 2.61. The molecule has 90 valence electrons. The van der Waals surface area contributed by atoms with Crippen LogP contribution in [0.2, 0.25) is 0 Å². The molecule has 2 rings (SSSR count). The van der Waals surface area contributed by atoms with E-state index < -0.39 is 0 Å². The summed E-state index contributed by atoms with van der Waals surface area (Å²) in [5.74, 6) is 0.341. The largest absolute Gasteiger partial charge is 0.340 e. The number of benzene rings is 1. The Morgan fingerprint density at radius 1 is 1.22 bits per heavy atom. The normalized spacial score (nSPS) is 9.89. The van der Waals surface area contributed by atoms with Crippen LogP contribution in [0, 0.1) is 31.0 Å². The van der Waals surface area contributed by atoms with E-state index in [1.807, 2.05) is 6.92 Å². The zero-order valence-corrected chi connectivity index (χ0v) is 10.2. The molecule has 0 fully saturated rings. The number of pyridine rings is 1. The Kier molecular flexibility index (Phi) is 3.24. The molecular formula is C14H12FN3. The lowest BCUT2D eigenvalue weighted by molar-refractivity contribution is 0.619. The second kappa shape index (κ2) is 4.84. The van der Waals surface area contributed by atoms with Crippen LogP contribution in [0.15, 0.2) is 30.3 Å². The molecule has 0 unspecified atom stereocenters. The van der Waals surface area contributed by atoms with Crippen LogP contribution in [0.4, 0.5) is 15.9 Å². The zero-order valence-electron chi connectivity index (χ0n) is 10.2. The summed E-state index contributed by atoms with van der Waals surface area (Å²) in [5, 5.41) is 11.9. The predicted molar refractivity (Wildman–Crippen MR) is 68.1 cm³/mol. The van der Waals surface area contributed by atoms with Crippen LogP contribution in [0.3, 0.4) is 0 Å². The lowest BCUT2D eigenvalue weighted by atomic mass is 10.2. The van der Waals surface area contributed by atoms with Crippen molar-refractivity contribution in [2.75, 3.05) is 5.32 Å². The highest BCUT2D eigenvalue weighted by Gasteiger charge is 2.02. The highest BCUT2D eigenvalue weighted by Crippen LogP contribution is 2.19. The highest BCUT2D eigenvalue weighted by atomic mass is 19.1. The van der Waals surface area contributed by atoms with E-state index in [1.54, 1.807) is 31.2 Å². The molecule has 0 atom stereocenters. The van der Waals surface area contributed by atoms with E-state index in [4.69, 9.17) is 5.26 Å². The number of anilines is 2. The van der Waals surface area contributed by atoms with E-state index in [1.165, 1.54) is 6.07 Å². The molecule has 1 N–H and O–H groups in total. The SMILES string of the molecule is Cc1cc(C#N)cc(Nc2ccc(F)c(C)c2)n1. The first-order valence-corrected chi connectivity index (χ1v) is 5.50. The van der Waals surface area contributed by atoms with Gasteiger partial charge in [0.05, 0.1) is 11.6 Å². The number of rotatable bonds is 2. The van der Waals surface area contributed by atoms with Gasteiger partial charge in [-0.2, -0.15) is 5.26 Å². The van der Waals surface area contributed by atoms with Crippen LogP contribution < -0.4 is 5.32 Å². The fourth-order valence-electron chi connectivity index (χ4n) is 1.67. The summed E-state index contributed by atoms with van der Waals surface area (Å²) in [7, 11) is 0. The molecule has 0 amide bonds. The maximum atomic E-state index is 13.1. The van der Waals surface area contributed by atoms with Gasteiger partial charge in [-0.15, -0.1) is 0 Å². The van der Waals surface area contributed by atoms with Crippen LogP contribution in [0.1, 0.15) is 16.8 Å². The molecular weight excluding hydrogens is 229 g/mol. The van der Waals surface area contributed by atoms with Crippen LogP contribution in [0.25, 0.3) is 0 Å². The van der Waals surface area contributed by atoms with E-state index in [-0.39, 0.29) is 5.82 Å². The number of aryl methyl sites for hydroxylation is 2. The molecule has 0 saturated heterocycles. The van der Waals surface area contributed by atoms with Crippen molar-refractivity contribution in [1.82, 2.24) is 4.98 Å². The number of nitrogens with one attached hydrogen (secondary N) is 1. The molecule has 0 aliphatic carbocycles. The molecule has 0 radical (unpaired) electrons. The van der Waals surface area contributed by atoms with E-state index >= 15 is 0 Å². The third kappa shape index (κ3) is 2.64. The molecule has 0 bridgehead atoms. The maximum absolute atomic E-state index is 13.1. The molecule has 3 nitrogen and oxygen atoms in total. The topological polar surface area (TPSA) is 48.7 Å². The predicted octanol–water partition coefficient (Wildman–Crippen LogP) is 3.45. The van der Waals surface area contributed by atoms with Gasteiger partial charge in [0.1, 0.15) is 11.6 Å². The fourth-order valence-corrected chi connectivity index (χ4v) is 1.67. The van der Waals surface area contributed by atoms with Crippen molar-refractivity contribution in [3.8, 4) is 6.07 Å². The fraction of sp³-hybridized carbons (Fsp3) is 0.143. The Bertz CT molecular complexity index is 629. The minimum Gasteiger partial charge on any atom is -0.340 e. The summed E-state index contributed by atoms with van der Waals surface area (Å²) in [6.07, 6.45) is 0. The lowest BCUT2D eigenvalue weighted by Gasteiger charge is -2.08. The first-order valence-electron chi connectivity index (χ1n) is 5.50. The van der Waals surface area contributed by atoms with Crippen molar-refractivity contribution in [2.45, 2.75) is 13.8 Å². The van der Waals surface area contributed by atoms with Crippen molar-refractivity contribution < 1.29 is 4.39 Å². The van der Waals surface area contributed by atoms with Gasteiger partial charge in [0, 0.05) is 11.4 Å². The lowest BCUT2D eigenvalue weighted by Crippen LogP contribution is -1.97. The first-order chi connectivity index (χ1) is 8.58. The van der Waals surface area contributed by atoms with Gasteiger partial charge in [0.15, 0.2) is 0 Å². The molecule has 0 aliphatic heterocycles. The van der Waals surface area contributed by atoms with Crippen molar-refractivity contribution in [3.63, 3.8) is 0 Å². The monoisotopic (exact) mass is 241 g/mol. The molecule has 4 heteroatoms. The molecule has 1 aromatic carbocycles. The molecule has 2 aromatic rings. The number of hydrogen-bond donors (Lipinski definition) is 1. The van der Waals surface area contributed by atoms with E-state index in [2.05, 4.69) is 16.4 Å². The van der Waals surface area contributed by atoms with Crippen LogP contribution in [-0.2, 0) is 0 Å². The highest BCUT2D eigenvalue weighted by molar-refractivity contribution is 5.58. The summed E-state index contributed by atoms with van der Waals surface area (Å²) >= 11 is 0. The Morgan fingerprint density at radius 3 is 2.67 bits per heavy atom. The molecule has 1 heterocycles. The average Bonchev–Trinajstić information content (AvgIpc) is 2.33.